The van der Waals surface area contributed by atoms with Gasteiger partial charge in [-0.3, -0.25) is 4.79 Å². The minimum Gasteiger partial charge on any atom is -0.486 e. The summed E-state index contributed by atoms with van der Waals surface area (Å²) in [7, 11) is 0. The Bertz CT molecular complexity index is 678. The lowest BCUT2D eigenvalue weighted by Gasteiger charge is -2.14. The van der Waals surface area contributed by atoms with E-state index in [0.29, 0.717) is 11.3 Å². The van der Waals surface area contributed by atoms with Gasteiger partial charge in [-0.25, -0.2) is 4.39 Å². The second-order valence-corrected chi connectivity index (χ2v) is 5.28. The minimum absolute atomic E-state index is 0.0468. The first-order chi connectivity index (χ1) is 10.7. The minimum atomic E-state index is -0.441. The quantitative estimate of drug-likeness (QED) is 0.871. The summed E-state index contributed by atoms with van der Waals surface area (Å²) in [5.41, 5.74) is 0.830. The van der Waals surface area contributed by atoms with Gasteiger partial charge in [0, 0.05) is 13.1 Å². The average Bonchev–Trinajstić information content (AvgIpc) is 3.16. The molecule has 22 heavy (non-hydrogen) atoms. The van der Waals surface area contributed by atoms with Crippen LogP contribution in [0.1, 0.15) is 34.7 Å². The summed E-state index contributed by atoms with van der Waals surface area (Å²) in [4.78, 5) is 14.2. The summed E-state index contributed by atoms with van der Waals surface area (Å²) in [5, 5.41) is 3.85. The van der Waals surface area contributed by atoms with E-state index in [4.69, 9.17) is 9.26 Å². The summed E-state index contributed by atoms with van der Waals surface area (Å²) in [6.45, 7) is 3.23. The molecule has 1 aromatic carbocycles. The number of carbonyl (C=O) groups excluding carboxylic acids is 1. The molecule has 0 radical (unpaired) electrons. The number of ether oxygens (including phenoxy) is 1. The zero-order chi connectivity index (χ0) is 15.5. The Labute approximate surface area is 127 Å². The molecule has 1 aliphatic rings. The molecule has 0 atom stereocenters. The maximum Gasteiger partial charge on any atom is 0.276 e. The van der Waals surface area contributed by atoms with Crippen LogP contribution in [0.15, 0.2) is 28.8 Å². The van der Waals surface area contributed by atoms with E-state index in [1.807, 2.05) is 0 Å². The van der Waals surface area contributed by atoms with Crippen LogP contribution in [-0.4, -0.2) is 29.1 Å². The number of carbonyl (C=O) groups is 1. The van der Waals surface area contributed by atoms with Crippen molar-refractivity contribution in [3.05, 3.63) is 47.1 Å². The number of amides is 1. The first-order valence-corrected chi connectivity index (χ1v) is 7.28. The molecule has 1 fully saturated rings. The van der Waals surface area contributed by atoms with Crippen molar-refractivity contribution >= 4 is 5.91 Å². The van der Waals surface area contributed by atoms with E-state index in [-0.39, 0.29) is 24.0 Å². The fourth-order valence-corrected chi connectivity index (χ4v) is 2.51. The Morgan fingerprint density at radius 1 is 1.36 bits per heavy atom. The summed E-state index contributed by atoms with van der Waals surface area (Å²) in [5.74, 6) is 0.0621. The summed E-state index contributed by atoms with van der Waals surface area (Å²) in [6, 6.07) is 6.15. The van der Waals surface area contributed by atoms with Crippen LogP contribution in [0, 0.1) is 12.7 Å². The lowest BCUT2D eigenvalue weighted by Crippen LogP contribution is -2.28. The van der Waals surface area contributed by atoms with Gasteiger partial charge in [0.15, 0.2) is 17.3 Å². The highest BCUT2D eigenvalue weighted by Gasteiger charge is 2.27. The fraction of sp³-hybridized carbons (Fsp3) is 0.375. The molecule has 1 aromatic heterocycles. The molecule has 1 saturated heterocycles. The van der Waals surface area contributed by atoms with Crippen LogP contribution in [0.2, 0.25) is 0 Å². The largest absolute Gasteiger partial charge is 0.486 e. The van der Waals surface area contributed by atoms with Crippen molar-refractivity contribution < 1.29 is 18.4 Å². The summed E-state index contributed by atoms with van der Waals surface area (Å²) < 4.78 is 24.2. The fourth-order valence-electron chi connectivity index (χ4n) is 2.51. The normalized spacial score (nSPS) is 14.4. The monoisotopic (exact) mass is 304 g/mol. The standard InChI is InChI=1S/C16H17FN2O3/c1-11-12(10-21-14-7-3-2-6-13(14)17)15(18-22-11)16(20)19-8-4-5-9-19/h2-3,6-7H,4-5,8-10H2,1H3. The number of hydrogen-bond acceptors (Lipinski definition) is 4. The number of hydrogen-bond donors (Lipinski definition) is 0. The van der Waals surface area contributed by atoms with Crippen LogP contribution in [0.25, 0.3) is 0 Å². The maximum atomic E-state index is 13.6. The predicted octanol–water partition coefficient (Wildman–Crippen LogP) is 2.94. The van der Waals surface area contributed by atoms with E-state index in [9.17, 15) is 9.18 Å². The third-order valence-electron chi connectivity index (χ3n) is 3.79. The molecule has 2 heterocycles. The van der Waals surface area contributed by atoms with E-state index in [1.165, 1.54) is 6.07 Å². The molecule has 0 aliphatic carbocycles. The second kappa shape index (κ2) is 6.17. The number of aromatic nitrogens is 1. The maximum absolute atomic E-state index is 13.6. The average molecular weight is 304 g/mol. The van der Waals surface area contributed by atoms with Gasteiger partial charge in [0.2, 0.25) is 0 Å². The highest BCUT2D eigenvalue weighted by molar-refractivity contribution is 5.94. The lowest BCUT2D eigenvalue weighted by molar-refractivity contribution is 0.0780. The van der Waals surface area contributed by atoms with Crippen molar-refractivity contribution in [2.24, 2.45) is 0 Å². The van der Waals surface area contributed by atoms with Gasteiger partial charge < -0.3 is 14.2 Å². The van der Waals surface area contributed by atoms with Crippen LogP contribution in [-0.2, 0) is 6.61 Å². The molecule has 0 unspecified atom stereocenters. The molecule has 0 bridgehead atoms. The van der Waals surface area contributed by atoms with Crippen molar-refractivity contribution in [1.29, 1.82) is 0 Å². The highest BCUT2D eigenvalue weighted by Crippen LogP contribution is 2.22. The second-order valence-electron chi connectivity index (χ2n) is 5.28. The first kappa shape index (κ1) is 14.6. The predicted molar refractivity (Wildman–Crippen MR) is 77.1 cm³/mol. The van der Waals surface area contributed by atoms with Gasteiger partial charge >= 0.3 is 0 Å². The van der Waals surface area contributed by atoms with Crippen LogP contribution in [0.3, 0.4) is 0 Å². The summed E-state index contributed by atoms with van der Waals surface area (Å²) in [6.07, 6.45) is 2.01. The number of benzene rings is 1. The number of rotatable bonds is 4. The van der Waals surface area contributed by atoms with E-state index in [0.717, 1.165) is 25.9 Å². The number of nitrogens with zero attached hydrogens (tertiary/aromatic N) is 2. The molecular formula is C16H17FN2O3. The smallest absolute Gasteiger partial charge is 0.276 e. The van der Waals surface area contributed by atoms with Crippen molar-refractivity contribution in [3.8, 4) is 5.75 Å². The van der Waals surface area contributed by atoms with Crippen LogP contribution >= 0.6 is 0 Å². The van der Waals surface area contributed by atoms with Crippen LogP contribution < -0.4 is 4.74 Å². The SMILES string of the molecule is Cc1onc(C(=O)N2CCCC2)c1COc1ccccc1F. The lowest BCUT2D eigenvalue weighted by atomic mass is 10.2. The van der Waals surface area contributed by atoms with E-state index in [1.54, 1.807) is 30.0 Å². The number of para-hydroxylation sites is 1. The Balaban J connectivity index is 1.77. The Morgan fingerprint density at radius 2 is 2.09 bits per heavy atom. The van der Waals surface area contributed by atoms with Gasteiger partial charge in [-0.15, -0.1) is 0 Å². The Kier molecular flexibility index (Phi) is 4.09. The molecule has 116 valence electrons. The van der Waals surface area contributed by atoms with Gasteiger partial charge in [0.25, 0.3) is 5.91 Å². The van der Waals surface area contributed by atoms with Gasteiger partial charge in [0.05, 0.1) is 5.56 Å². The Morgan fingerprint density at radius 3 is 2.82 bits per heavy atom. The molecule has 1 aliphatic heterocycles. The van der Waals surface area contributed by atoms with Gasteiger partial charge in [0.1, 0.15) is 12.4 Å². The molecule has 0 N–H and O–H groups in total. The number of halogens is 1. The molecule has 6 heteroatoms. The molecule has 2 aromatic rings. The van der Waals surface area contributed by atoms with Crippen molar-refractivity contribution in [3.63, 3.8) is 0 Å². The highest BCUT2D eigenvalue weighted by atomic mass is 19.1. The molecule has 1 amide bonds. The molecule has 3 rings (SSSR count). The first-order valence-electron chi connectivity index (χ1n) is 7.28. The number of aryl methyl sites for hydroxylation is 1. The van der Waals surface area contributed by atoms with Crippen molar-refractivity contribution in [2.45, 2.75) is 26.4 Å². The van der Waals surface area contributed by atoms with Gasteiger partial charge in [-0.2, -0.15) is 0 Å². The van der Waals surface area contributed by atoms with E-state index in [2.05, 4.69) is 5.16 Å². The zero-order valence-electron chi connectivity index (χ0n) is 12.3. The molecule has 0 spiro atoms. The number of likely N-dealkylation sites (tertiary alicyclic amines) is 1. The third-order valence-corrected chi connectivity index (χ3v) is 3.79. The van der Waals surface area contributed by atoms with E-state index < -0.39 is 5.82 Å². The molecule has 0 saturated carbocycles. The van der Waals surface area contributed by atoms with Gasteiger partial charge in [-0.1, -0.05) is 17.3 Å². The van der Waals surface area contributed by atoms with Gasteiger partial charge in [-0.05, 0) is 31.9 Å². The van der Waals surface area contributed by atoms with Crippen molar-refractivity contribution in [1.82, 2.24) is 10.1 Å². The molecule has 5 nitrogen and oxygen atoms in total. The van der Waals surface area contributed by atoms with Crippen LogP contribution in [0.5, 0.6) is 5.75 Å². The van der Waals surface area contributed by atoms with Crippen LogP contribution in [0.4, 0.5) is 4.39 Å². The van der Waals surface area contributed by atoms with E-state index >= 15 is 0 Å². The molecular weight excluding hydrogens is 287 g/mol. The summed E-state index contributed by atoms with van der Waals surface area (Å²) >= 11 is 0. The Hall–Kier alpha value is -2.37. The third kappa shape index (κ3) is 2.81. The zero-order valence-corrected chi connectivity index (χ0v) is 12.3. The van der Waals surface area contributed by atoms with Crippen molar-refractivity contribution in [2.75, 3.05) is 13.1 Å². The topological polar surface area (TPSA) is 55.6 Å².